The Morgan fingerprint density at radius 1 is 1.24 bits per heavy atom. The minimum absolute atomic E-state index is 0.198. The predicted octanol–water partition coefficient (Wildman–Crippen LogP) is 3.14. The van der Waals surface area contributed by atoms with E-state index in [2.05, 4.69) is 6.07 Å². The molecule has 1 fully saturated rings. The fourth-order valence-corrected chi connectivity index (χ4v) is 2.90. The van der Waals surface area contributed by atoms with E-state index in [-0.39, 0.29) is 5.54 Å². The molecular weight excluding hydrogens is 264 g/mol. The number of benzene rings is 1. The smallest absolute Gasteiger partial charge is 0.124 e. The van der Waals surface area contributed by atoms with Crippen LogP contribution in [-0.4, -0.2) is 19.3 Å². The first-order valence-electron chi connectivity index (χ1n) is 7.60. The van der Waals surface area contributed by atoms with Crippen molar-refractivity contribution in [2.75, 3.05) is 13.7 Å². The summed E-state index contributed by atoms with van der Waals surface area (Å²) in [6, 6.07) is 7.51. The minimum atomic E-state index is -0.198. The zero-order chi connectivity index (χ0) is 15.1. The van der Waals surface area contributed by atoms with Crippen molar-refractivity contribution in [3.63, 3.8) is 0 Å². The van der Waals surface area contributed by atoms with E-state index in [9.17, 15) is 0 Å². The van der Waals surface area contributed by atoms with Crippen LogP contribution in [0.3, 0.4) is 0 Å². The Bertz CT molecular complexity index is 500. The maximum atomic E-state index is 8.98. The lowest BCUT2D eigenvalue weighted by atomic mass is 9.92. The Labute approximate surface area is 126 Å². The molecule has 2 N–H and O–H groups in total. The number of nitrogens with two attached hydrogens (primary N) is 1. The van der Waals surface area contributed by atoms with Gasteiger partial charge in [-0.25, -0.2) is 0 Å². The monoisotopic (exact) mass is 288 g/mol. The summed E-state index contributed by atoms with van der Waals surface area (Å²) in [6.07, 6.45) is 6.99. The second kappa shape index (κ2) is 7.44. The molecule has 0 bridgehead atoms. The highest BCUT2D eigenvalue weighted by molar-refractivity contribution is 5.41. The standard InChI is InChI=1S/C17H24N2O2/c1-20-16-7-6-14(11-18)10-15(16)12-21-13-17(19)8-4-2-3-5-9-17/h6-7,10H,2-5,8-9,12-13,19H2,1H3. The average Bonchev–Trinajstić information content (AvgIpc) is 2.72. The molecule has 1 aromatic rings. The van der Waals surface area contributed by atoms with Crippen LogP contribution in [0, 0.1) is 11.3 Å². The summed E-state index contributed by atoms with van der Waals surface area (Å²) in [7, 11) is 1.63. The molecule has 0 aliphatic heterocycles. The number of hydrogen-bond acceptors (Lipinski definition) is 4. The first kappa shape index (κ1) is 15.8. The van der Waals surface area contributed by atoms with E-state index in [0.29, 0.717) is 18.8 Å². The van der Waals surface area contributed by atoms with E-state index < -0.39 is 0 Å². The molecule has 0 aromatic heterocycles. The molecule has 0 radical (unpaired) electrons. The topological polar surface area (TPSA) is 68.3 Å². The highest BCUT2D eigenvalue weighted by atomic mass is 16.5. The summed E-state index contributed by atoms with van der Waals surface area (Å²) in [4.78, 5) is 0. The molecule has 114 valence electrons. The number of nitriles is 1. The van der Waals surface area contributed by atoms with Crippen molar-refractivity contribution in [1.82, 2.24) is 0 Å². The molecule has 21 heavy (non-hydrogen) atoms. The van der Waals surface area contributed by atoms with Crippen LogP contribution in [0.5, 0.6) is 5.75 Å². The largest absolute Gasteiger partial charge is 0.496 e. The molecule has 1 saturated carbocycles. The Morgan fingerprint density at radius 3 is 2.57 bits per heavy atom. The molecule has 0 atom stereocenters. The zero-order valence-electron chi connectivity index (χ0n) is 12.7. The Morgan fingerprint density at radius 2 is 1.95 bits per heavy atom. The third-order valence-electron chi connectivity index (χ3n) is 4.16. The van der Waals surface area contributed by atoms with Gasteiger partial charge in [0.05, 0.1) is 32.0 Å². The van der Waals surface area contributed by atoms with Gasteiger partial charge in [-0.1, -0.05) is 25.7 Å². The Kier molecular flexibility index (Phi) is 5.60. The summed E-state index contributed by atoms with van der Waals surface area (Å²) < 4.78 is 11.2. The molecule has 4 heteroatoms. The molecule has 0 heterocycles. The Hall–Kier alpha value is -1.57. The van der Waals surface area contributed by atoms with Crippen molar-refractivity contribution in [3.8, 4) is 11.8 Å². The van der Waals surface area contributed by atoms with Crippen molar-refractivity contribution < 1.29 is 9.47 Å². The van der Waals surface area contributed by atoms with Gasteiger partial charge in [0.15, 0.2) is 0 Å². The number of nitrogens with zero attached hydrogens (tertiary/aromatic N) is 1. The summed E-state index contributed by atoms with van der Waals surface area (Å²) >= 11 is 0. The van der Waals surface area contributed by atoms with Gasteiger partial charge in [-0.2, -0.15) is 5.26 Å². The second-order valence-electron chi connectivity index (χ2n) is 5.91. The van der Waals surface area contributed by atoms with Crippen molar-refractivity contribution in [2.45, 2.75) is 50.7 Å². The minimum Gasteiger partial charge on any atom is -0.496 e. The summed E-state index contributed by atoms with van der Waals surface area (Å²) in [6.45, 7) is 0.991. The van der Waals surface area contributed by atoms with Gasteiger partial charge in [-0.05, 0) is 31.0 Å². The summed E-state index contributed by atoms with van der Waals surface area (Å²) in [5.74, 6) is 0.751. The van der Waals surface area contributed by atoms with Crippen LogP contribution in [-0.2, 0) is 11.3 Å². The predicted molar refractivity (Wildman–Crippen MR) is 82.0 cm³/mol. The van der Waals surface area contributed by atoms with E-state index in [1.54, 1.807) is 19.2 Å². The fourth-order valence-electron chi connectivity index (χ4n) is 2.90. The van der Waals surface area contributed by atoms with Crippen LogP contribution in [0.4, 0.5) is 0 Å². The fraction of sp³-hybridized carbons (Fsp3) is 0.588. The van der Waals surface area contributed by atoms with Gasteiger partial charge in [0.2, 0.25) is 0 Å². The van der Waals surface area contributed by atoms with Crippen LogP contribution in [0.1, 0.15) is 49.7 Å². The van der Waals surface area contributed by atoms with E-state index in [1.807, 2.05) is 6.07 Å². The van der Waals surface area contributed by atoms with Gasteiger partial charge < -0.3 is 15.2 Å². The average molecular weight is 288 g/mol. The van der Waals surface area contributed by atoms with Crippen LogP contribution < -0.4 is 10.5 Å². The van der Waals surface area contributed by atoms with Gasteiger partial charge >= 0.3 is 0 Å². The molecule has 1 aliphatic rings. The third kappa shape index (κ3) is 4.45. The molecule has 1 aliphatic carbocycles. The number of methoxy groups -OCH3 is 1. The van der Waals surface area contributed by atoms with E-state index in [0.717, 1.165) is 24.2 Å². The molecule has 0 amide bonds. The number of hydrogen-bond donors (Lipinski definition) is 1. The normalized spacial score (nSPS) is 17.8. The molecule has 2 rings (SSSR count). The first-order chi connectivity index (χ1) is 10.2. The van der Waals surface area contributed by atoms with Gasteiger partial charge in [0.25, 0.3) is 0 Å². The molecule has 4 nitrogen and oxygen atoms in total. The second-order valence-corrected chi connectivity index (χ2v) is 5.91. The van der Waals surface area contributed by atoms with Gasteiger partial charge in [-0.15, -0.1) is 0 Å². The number of rotatable bonds is 5. The van der Waals surface area contributed by atoms with E-state index >= 15 is 0 Å². The molecule has 0 spiro atoms. The molecule has 0 saturated heterocycles. The van der Waals surface area contributed by atoms with Crippen LogP contribution in [0.2, 0.25) is 0 Å². The zero-order valence-corrected chi connectivity index (χ0v) is 12.7. The SMILES string of the molecule is COc1ccc(C#N)cc1COCC1(N)CCCCCC1. The molecular formula is C17H24N2O2. The summed E-state index contributed by atoms with van der Waals surface area (Å²) in [5, 5.41) is 8.98. The van der Waals surface area contributed by atoms with Gasteiger partial charge in [0.1, 0.15) is 5.75 Å². The van der Waals surface area contributed by atoms with Crippen LogP contribution in [0.25, 0.3) is 0 Å². The van der Waals surface area contributed by atoms with Crippen LogP contribution >= 0.6 is 0 Å². The van der Waals surface area contributed by atoms with Crippen molar-refractivity contribution in [2.24, 2.45) is 5.73 Å². The molecule has 0 unspecified atom stereocenters. The highest BCUT2D eigenvalue weighted by Gasteiger charge is 2.26. The van der Waals surface area contributed by atoms with Crippen molar-refractivity contribution in [1.29, 1.82) is 5.26 Å². The van der Waals surface area contributed by atoms with Crippen molar-refractivity contribution in [3.05, 3.63) is 29.3 Å². The third-order valence-corrected chi connectivity index (χ3v) is 4.16. The maximum absolute atomic E-state index is 8.98. The highest BCUT2D eigenvalue weighted by Crippen LogP contribution is 2.26. The lowest BCUT2D eigenvalue weighted by molar-refractivity contribution is 0.0656. The quantitative estimate of drug-likeness (QED) is 0.845. The summed E-state index contributed by atoms with van der Waals surface area (Å²) in [5.41, 5.74) is 7.76. The maximum Gasteiger partial charge on any atom is 0.124 e. The van der Waals surface area contributed by atoms with Gasteiger partial charge in [-0.3, -0.25) is 0 Å². The Balaban J connectivity index is 1.95. The van der Waals surface area contributed by atoms with E-state index in [4.69, 9.17) is 20.5 Å². The van der Waals surface area contributed by atoms with Gasteiger partial charge in [0, 0.05) is 11.1 Å². The first-order valence-corrected chi connectivity index (χ1v) is 7.60. The van der Waals surface area contributed by atoms with Crippen LogP contribution in [0.15, 0.2) is 18.2 Å². The van der Waals surface area contributed by atoms with Crippen molar-refractivity contribution >= 4 is 0 Å². The van der Waals surface area contributed by atoms with E-state index in [1.165, 1.54) is 25.7 Å². The number of ether oxygens (including phenoxy) is 2. The molecule has 1 aromatic carbocycles. The lowest BCUT2D eigenvalue weighted by Gasteiger charge is -2.27. The lowest BCUT2D eigenvalue weighted by Crippen LogP contribution is -2.43.